The molecule has 22 heavy (non-hydrogen) atoms. The first-order valence-corrected chi connectivity index (χ1v) is 6.73. The summed E-state index contributed by atoms with van der Waals surface area (Å²) in [7, 11) is 0. The Morgan fingerprint density at radius 3 is 2.09 bits per heavy atom. The molecule has 0 fully saturated rings. The quantitative estimate of drug-likeness (QED) is 0.614. The Balaban J connectivity index is 2.03. The van der Waals surface area contributed by atoms with Crippen molar-refractivity contribution < 1.29 is 13.2 Å². The van der Waals surface area contributed by atoms with Crippen molar-refractivity contribution in [3.05, 3.63) is 78.5 Å². The van der Waals surface area contributed by atoms with Gasteiger partial charge in [0, 0.05) is 11.8 Å². The van der Waals surface area contributed by atoms with Crippen LogP contribution in [0, 0.1) is 0 Å². The molecule has 0 atom stereocenters. The van der Waals surface area contributed by atoms with E-state index in [9.17, 15) is 13.2 Å². The Labute approximate surface area is 126 Å². The molecule has 0 aliphatic rings. The van der Waals surface area contributed by atoms with Crippen molar-refractivity contribution in [1.29, 1.82) is 0 Å². The van der Waals surface area contributed by atoms with Crippen LogP contribution >= 0.6 is 0 Å². The molecule has 0 bridgehead atoms. The molecule has 3 rings (SSSR count). The Hall–Kier alpha value is -2.62. The Kier molecular flexibility index (Phi) is 3.67. The maximum Gasteiger partial charge on any atom is 0.416 e. The zero-order chi connectivity index (χ0) is 15.6. The highest BCUT2D eigenvalue weighted by molar-refractivity contribution is 5.70. The molecule has 110 valence electrons. The van der Waals surface area contributed by atoms with Crippen molar-refractivity contribution >= 4 is 0 Å². The van der Waals surface area contributed by atoms with Crippen LogP contribution in [0.5, 0.6) is 0 Å². The summed E-state index contributed by atoms with van der Waals surface area (Å²) in [6.45, 7) is 0. The maximum absolute atomic E-state index is 12.8. The number of rotatable bonds is 2. The molecule has 4 heteroatoms. The van der Waals surface area contributed by atoms with E-state index in [1.807, 2.05) is 30.3 Å². The second-order valence-electron chi connectivity index (χ2n) is 4.87. The van der Waals surface area contributed by atoms with Gasteiger partial charge in [0.1, 0.15) is 0 Å². The molecule has 1 aromatic heterocycles. The zero-order valence-corrected chi connectivity index (χ0v) is 11.5. The van der Waals surface area contributed by atoms with Gasteiger partial charge >= 0.3 is 6.18 Å². The molecule has 0 N–H and O–H groups in total. The van der Waals surface area contributed by atoms with Crippen LogP contribution in [0.25, 0.3) is 22.4 Å². The van der Waals surface area contributed by atoms with Crippen LogP contribution in [0.2, 0.25) is 0 Å². The molecule has 1 nitrogen and oxygen atoms in total. The van der Waals surface area contributed by atoms with Gasteiger partial charge in [-0.15, -0.1) is 0 Å². The first-order valence-electron chi connectivity index (χ1n) is 6.73. The highest BCUT2D eigenvalue weighted by Gasteiger charge is 2.30. The molecule has 2 aromatic carbocycles. The molecule has 0 spiro atoms. The standard InChI is InChI=1S/C18H12F3N/c19-18(20,21)16-8-4-7-14(11-16)15-9-10-22-17(12-15)13-5-2-1-3-6-13/h1-12H. The van der Waals surface area contributed by atoms with Gasteiger partial charge in [-0.25, -0.2) is 0 Å². The first kappa shape index (κ1) is 14.3. The summed E-state index contributed by atoms with van der Waals surface area (Å²) >= 11 is 0. The van der Waals surface area contributed by atoms with Crippen LogP contribution in [0.3, 0.4) is 0 Å². The average Bonchev–Trinajstić information content (AvgIpc) is 2.55. The summed E-state index contributed by atoms with van der Waals surface area (Å²) in [6, 6.07) is 18.3. The molecule has 1 heterocycles. The Bertz CT molecular complexity index is 780. The lowest BCUT2D eigenvalue weighted by Gasteiger charge is -2.09. The summed E-state index contributed by atoms with van der Waals surface area (Å²) in [5, 5.41) is 0. The van der Waals surface area contributed by atoms with Crippen LogP contribution in [0.4, 0.5) is 13.2 Å². The van der Waals surface area contributed by atoms with Gasteiger partial charge in [-0.05, 0) is 35.4 Å². The van der Waals surface area contributed by atoms with Crippen molar-refractivity contribution in [2.75, 3.05) is 0 Å². The van der Waals surface area contributed by atoms with Crippen molar-refractivity contribution in [2.24, 2.45) is 0 Å². The number of hydrogen-bond donors (Lipinski definition) is 0. The Morgan fingerprint density at radius 2 is 1.36 bits per heavy atom. The molecular formula is C18H12F3N. The van der Waals surface area contributed by atoms with E-state index in [1.165, 1.54) is 6.07 Å². The minimum atomic E-state index is -4.34. The summed E-state index contributed by atoms with van der Waals surface area (Å²) in [6.07, 6.45) is -2.73. The van der Waals surface area contributed by atoms with E-state index < -0.39 is 11.7 Å². The fourth-order valence-electron chi connectivity index (χ4n) is 2.25. The van der Waals surface area contributed by atoms with E-state index in [1.54, 1.807) is 24.4 Å². The van der Waals surface area contributed by atoms with Gasteiger partial charge in [0.15, 0.2) is 0 Å². The Morgan fingerprint density at radius 1 is 0.682 bits per heavy atom. The number of halogens is 3. The smallest absolute Gasteiger partial charge is 0.256 e. The van der Waals surface area contributed by atoms with Crippen LogP contribution in [0.15, 0.2) is 72.9 Å². The minimum Gasteiger partial charge on any atom is -0.256 e. The number of pyridine rings is 1. The SMILES string of the molecule is FC(F)(F)c1cccc(-c2ccnc(-c3ccccc3)c2)c1. The van der Waals surface area contributed by atoms with Crippen LogP contribution < -0.4 is 0 Å². The van der Waals surface area contributed by atoms with E-state index in [0.29, 0.717) is 11.1 Å². The first-order chi connectivity index (χ1) is 10.5. The minimum absolute atomic E-state index is 0.523. The van der Waals surface area contributed by atoms with Gasteiger partial charge < -0.3 is 0 Å². The maximum atomic E-state index is 12.8. The second kappa shape index (κ2) is 5.64. The van der Waals surface area contributed by atoms with E-state index in [2.05, 4.69) is 4.98 Å². The number of aromatic nitrogens is 1. The summed E-state index contributed by atoms with van der Waals surface area (Å²) in [4.78, 5) is 4.28. The van der Waals surface area contributed by atoms with Gasteiger partial charge in [-0.2, -0.15) is 13.2 Å². The highest BCUT2D eigenvalue weighted by atomic mass is 19.4. The highest BCUT2D eigenvalue weighted by Crippen LogP contribution is 2.32. The normalized spacial score (nSPS) is 11.4. The number of alkyl halides is 3. The third kappa shape index (κ3) is 3.01. The third-order valence-corrected chi connectivity index (χ3v) is 3.35. The zero-order valence-electron chi connectivity index (χ0n) is 11.5. The van der Waals surface area contributed by atoms with Crippen molar-refractivity contribution in [1.82, 2.24) is 4.98 Å². The topological polar surface area (TPSA) is 12.9 Å². The van der Waals surface area contributed by atoms with E-state index in [4.69, 9.17) is 0 Å². The van der Waals surface area contributed by atoms with Gasteiger partial charge in [-0.3, -0.25) is 4.98 Å². The van der Waals surface area contributed by atoms with Crippen molar-refractivity contribution in [3.63, 3.8) is 0 Å². The molecule has 0 amide bonds. The largest absolute Gasteiger partial charge is 0.416 e. The molecule has 0 unspecified atom stereocenters. The lowest BCUT2D eigenvalue weighted by Crippen LogP contribution is -2.04. The fourth-order valence-corrected chi connectivity index (χ4v) is 2.25. The van der Waals surface area contributed by atoms with Crippen LogP contribution in [0.1, 0.15) is 5.56 Å². The molecule has 0 radical (unpaired) electrons. The van der Waals surface area contributed by atoms with Gasteiger partial charge in [0.2, 0.25) is 0 Å². The van der Waals surface area contributed by atoms with E-state index in [-0.39, 0.29) is 0 Å². The van der Waals surface area contributed by atoms with E-state index >= 15 is 0 Å². The molecule has 0 saturated carbocycles. The monoisotopic (exact) mass is 299 g/mol. The lowest BCUT2D eigenvalue weighted by molar-refractivity contribution is -0.137. The van der Waals surface area contributed by atoms with Crippen molar-refractivity contribution in [2.45, 2.75) is 6.18 Å². The molecule has 0 aliphatic heterocycles. The van der Waals surface area contributed by atoms with Crippen LogP contribution in [-0.2, 0) is 6.18 Å². The van der Waals surface area contributed by atoms with Crippen molar-refractivity contribution in [3.8, 4) is 22.4 Å². The van der Waals surface area contributed by atoms with Gasteiger partial charge in [0.25, 0.3) is 0 Å². The van der Waals surface area contributed by atoms with Gasteiger partial charge in [-0.1, -0.05) is 42.5 Å². The number of benzene rings is 2. The predicted octanol–water partition coefficient (Wildman–Crippen LogP) is 5.43. The summed E-state index contributed by atoms with van der Waals surface area (Å²) in [5.41, 5.74) is 2.24. The number of hydrogen-bond acceptors (Lipinski definition) is 1. The molecule has 0 saturated heterocycles. The summed E-state index contributed by atoms with van der Waals surface area (Å²) < 4.78 is 38.4. The van der Waals surface area contributed by atoms with E-state index in [0.717, 1.165) is 23.4 Å². The summed E-state index contributed by atoms with van der Waals surface area (Å²) in [5.74, 6) is 0. The molecular weight excluding hydrogens is 287 g/mol. The molecule has 0 aliphatic carbocycles. The third-order valence-electron chi connectivity index (χ3n) is 3.35. The predicted molar refractivity (Wildman–Crippen MR) is 80.1 cm³/mol. The average molecular weight is 299 g/mol. The lowest BCUT2D eigenvalue weighted by atomic mass is 10.0. The second-order valence-corrected chi connectivity index (χ2v) is 4.87. The van der Waals surface area contributed by atoms with Crippen LogP contribution in [-0.4, -0.2) is 4.98 Å². The van der Waals surface area contributed by atoms with Gasteiger partial charge in [0.05, 0.1) is 11.3 Å². The fraction of sp³-hybridized carbons (Fsp3) is 0.0556. The number of nitrogens with zero attached hydrogens (tertiary/aromatic N) is 1. The molecule has 3 aromatic rings.